The van der Waals surface area contributed by atoms with Crippen LogP contribution in [-0.4, -0.2) is 6.71 Å². The van der Waals surface area contributed by atoms with E-state index in [2.05, 4.69) is 119 Å². The first-order valence-electron chi connectivity index (χ1n) is 13.2. The topological polar surface area (TPSA) is 32.8 Å². The Balaban J connectivity index is 1.43. The lowest BCUT2D eigenvalue weighted by Crippen LogP contribution is -2.60. The number of hydrogen-bond acceptors (Lipinski definition) is 4. The second-order valence-electron chi connectivity index (χ2n) is 10.1. The van der Waals surface area contributed by atoms with Gasteiger partial charge in [0.15, 0.2) is 11.2 Å². The van der Waals surface area contributed by atoms with E-state index in [9.17, 15) is 0 Å². The van der Waals surface area contributed by atoms with E-state index in [0.717, 1.165) is 61.9 Å². The van der Waals surface area contributed by atoms with Gasteiger partial charge in [-0.25, -0.2) is 0 Å². The first kappa shape index (κ1) is 20.9. The Kier molecular flexibility index (Phi) is 4.11. The van der Waals surface area contributed by atoms with Gasteiger partial charge in [0.05, 0.1) is 5.39 Å². The summed E-state index contributed by atoms with van der Waals surface area (Å²) in [6, 6.07) is 44.5. The summed E-state index contributed by atoms with van der Waals surface area (Å²) in [5.74, 6) is 0. The SMILES string of the molecule is c1ccc(N2c3ccccc3B3c4oc5c(oc6ccccc65)c4N(c4ccccc4)c4cccc2c43)cc1. The van der Waals surface area contributed by atoms with Crippen molar-refractivity contribution in [2.75, 3.05) is 9.80 Å². The van der Waals surface area contributed by atoms with Gasteiger partial charge in [0.1, 0.15) is 16.9 Å². The van der Waals surface area contributed by atoms with Crippen LogP contribution < -0.4 is 26.4 Å². The summed E-state index contributed by atoms with van der Waals surface area (Å²) in [5.41, 5.74) is 12.4. The van der Waals surface area contributed by atoms with E-state index in [-0.39, 0.29) is 6.71 Å². The summed E-state index contributed by atoms with van der Waals surface area (Å²) in [7, 11) is 0. The zero-order valence-corrected chi connectivity index (χ0v) is 20.9. The number of furan rings is 2. The molecule has 0 amide bonds. The summed E-state index contributed by atoms with van der Waals surface area (Å²) < 4.78 is 13.4. The molecule has 0 N–H and O–H groups in total. The molecule has 0 saturated heterocycles. The molecule has 4 heterocycles. The number of anilines is 6. The molecule has 2 aliphatic heterocycles. The Morgan fingerprint density at radius 1 is 0.487 bits per heavy atom. The molecule has 5 aromatic carbocycles. The van der Waals surface area contributed by atoms with E-state index < -0.39 is 0 Å². The smallest absolute Gasteiger partial charge is 0.297 e. The van der Waals surface area contributed by atoms with Crippen molar-refractivity contribution in [2.24, 2.45) is 0 Å². The fourth-order valence-corrected chi connectivity index (χ4v) is 6.50. The average molecular weight is 500 g/mol. The third-order valence-corrected chi connectivity index (χ3v) is 8.04. The molecule has 7 aromatic rings. The van der Waals surface area contributed by atoms with Gasteiger partial charge in [0.2, 0.25) is 0 Å². The van der Waals surface area contributed by atoms with Crippen molar-refractivity contribution in [2.45, 2.75) is 0 Å². The number of hydrogen-bond donors (Lipinski definition) is 0. The predicted molar refractivity (Wildman–Crippen MR) is 160 cm³/mol. The molecule has 0 saturated carbocycles. The monoisotopic (exact) mass is 500 g/mol. The minimum atomic E-state index is -0.0660. The van der Waals surface area contributed by atoms with Gasteiger partial charge >= 0.3 is 0 Å². The number of benzene rings is 5. The van der Waals surface area contributed by atoms with Crippen molar-refractivity contribution < 1.29 is 8.83 Å². The molecule has 39 heavy (non-hydrogen) atoms. The molecule has 0 atom stereocenters. The van der Waals surface area contributed by atoms with Crippen LogP contribution in [0, 0.1) is 0 Å². The van der Waals surface area contributed by atoms with Gasteiger partial charge in [0.25, 0.3) is 6.71 Å². The zero-order chi connectivity index (χ0) is 25.5. The molecular formula is C34H21BN2O2. The molecule has 2 aromatic heterocycles. The molecule has 0 bridgehead atoms. The summed E-state index contributed by atoms with van der Waals surface area (Å²) in [6.45, 7) is -0.0660. The van der Waals surface area contributed by atoms with Crippen LogP contribution >= 0.6 is 0 Å². The number of para-hydroxylation sites is 4. The van der Waals surface area contributed by atoms with Gasteiger partial charge in [-0.15, -0.1) is 0 Å². The van der Waals surface area contributed by atoms with Crippen molar-refractivity contribution in [1.29, 1.82) is 0 Å². The molecule has 0 fully saturated rings. The lowest BCUT2D eigenvalue weighted by Gasteiger charge is -2.42. The van der Waals surface area contributed by atoms with Crippen LogP contribution in [0.1, 0.15) is 0 Å². The molecule has 0 radical (unpaired) electrons. The fourth-order valence-electron chi connectivity index (χ4n) is 6.50. The maximum atomic E-state index is 6.89. The highest BCUT2D eigenvalue weighted by Gasteiger charge is 2.47. The molecule has 4 nitrogen and oxygen atoms in total. The van der Waals surface area contributed by atoms with Crippen molar-refractivity contribution in [3.05, 3.63) is 127 Å². The second-order valence-corrected chi connectivity index (χ2v) is 10.1. The van der Waals surface area contributed by atoms with E-state index >= 15 is 0 Å². The Morgan fingerprint density at radius 2 is 1.10 bits per heavy atom. The molecule has 5 heteroatoms. The van der Waals surface area contributed by atoms with Crippen molar-refractivity contribution in [1.82, 2.24) is 0 Å². The predicted octanol–water partition coefficient (Wildman–Crippen LogP) is 7.26. The molecule has 0 aliphatic carbocycles. The Bertz CT molecular complexity index is 2040. The van der Waals surface area contributed by atoms with Crippen LogP contribution in [0.2, 0.25) is 0 Å². The lowest BCUT2D eigenvalue weighted by atomic mass is 9.35. The summed E-state index contributed by atoms with van der Waals surface area (Å²) in [5, 5.41) is 0.995. The standard InChI is InChI=1S/C34H21BN2O2/c1-3-12-22(13-4-1)36-26-18-9-8-17-25(26)35-30-27(36)19-11-20-28(30)37(23-14-5-2-6-15-23)31-33-32(39-34(31)35)24-16-7-10-21-29(24)38-33/h1-21H. The second kappa shape index (κ2) is 7.68. The highest BCUT2D eigenvalue weighted by molar-refractivity contribution is 6.99. The largest absolute Gasteiger partial charge is 0.464 e. The van der Waals surface area contributed by atoms with Crippen LogP contribution in [0.25, 0.3) is 22.1 Å². The minimum Gasteiger partial charge on any atom is -0.464 e. The van der Waals surface area contributed by atoms with Crippen LogP contribution in [-0.2, 0) is 0 Å². The number of rotatable bonds is 2. The van der Waals surface area contributed by atoms with Crippen LogP contribution in [0.5, 0.6) is 0 Å². The Labute approximate surface area is 225 Å². The summed E-state index contributed by atoms with van der Waals surface area (Å²) >= 11 is 0. The molecule has 9 rings (SSSR count). The maximum absolute atomic E-state index is 6.89. The molecular weight excluding hydrogens is 479 g/mol. The Hall–Kier alpha value is -5.16. The van der Waals surface area contributed by atoms with Crippen LogP contribution in [0.4, 0.5) is 34.1 Å². The molecule has 182 valence electrons. The highest BCUT2D eigenvalue weighted by Crippen LogP contribution is 2.47. The van der Waals surface area contributed by atoms with Gasteiger partial charge in [-0.1, -0.05) is 72.8 Å². The average Bonchev–Trinajstić information content (AvgIpc) is 3.54. The number of fused-ring (bicyclic) bond motifs is 8. The van der Waals surface area contributed by atoms with Gasteiger partial charge in [-0.3, -0.25) is 0 Å². The van der Waals surface area contributed by atoms with Gasteiger partial charge in [-0.05, 0) is 65.5 Å². The first-order chi connectivity index (χ1) is 19.4. The fraction of sp³-hybridized carbons (Fsp3) is 0. The lowest BCUT2D eigenvalue weighted by molar-refractivity contribution is 0.644. The van der Waals surface area contributed by atoms with Crippen molar-refractivity contribution >= 4 is 79.6 Å². The molecule has 0 unspecified atom stereocenters. The van der Waals surface area contributed by atoms with Crippen molar-refractivity contribution in [3.63, 3.8) is 0 Å². The van der Waals surface area contributed by atoms with Crippen LogP contribution in [0.3, 0.4) is 0 Å². The van der Waals surface area contributed by atoms with Gasteiger partial charge < -0.3 is 18.6 Å². The highest BCUT2D eigenvalue weighted by atomic mass is 16.4. The van der Waals surface area contributed by atoms with E-state index in [4.69, 9.17) is 8.83 Å². The Morgan fingerprint density at radius 3 is 1.90 bits per heavy atom. The zero-order valence-electron chi connectivity index (χ0n) is 20.9. The quantitative estimate of drug-likeness (QED) is 0.234. The van der Waals surface area contributed by atoms with E-state index in [1.165, 1.54) is 10.9 Å². The molecule has 0 spiro atoms. The van der Waals surface area contributed by atoms with Crippen LogP contribution in [0.15, 0.2) is 136 Å². The minimum absolute atomic E-state index is 0.0660. The van der Waals surface area contributed by atoms with E-state index in [1.807, 2.05) is 18.2 Å². The first-order valence-corrected chi connectivity index (χ1v) is 13.2. The van der Waals surface area contributed by atoms with Gasteiger partial charge in [-0.2, -0.15) is 0 Å². The third-order valence-electron chi connectivity index (χ3n) is 8.04. The maximum Gasteiger partial charge on any atom is 0.297 e. The normalized spacial score (nSPS) is 13.5. The summed E-state index contributed by atoms with van der Waals surface area (Å²) in [6.07, 6.45) is 0. The number of nitrogens with zero attached hydrogens (tertiary/aromatic N) is 2. The van der Waals surface area contributed by atoms with Crippen molar-refractivity contribution in [3.8, 4) is 0 Å². The summed E-state index contributed by atoms with van der Waals surface area (Å²) in [4.78, 5) is 4.69. The van der Waals surface area contributed by atoms with Gasteiger partial charge in [0, 0.05) is 28.4 Å². The molecule has 2 aliphatic rings. The van der Waals surface area contributed by atoms with E-state index in [0.29, 0.717) is 0 Å². The third kappa shape index (κ3) is 2.74. The van der Waals surface area contributed by atoms with E-state index in [1.54, 1.807) is 0 Å².